The number of H-pyrrole nitrogens is 1. The van der Waals surface area contributed by atoms with Crippen LogP contribution < -0.4 is 9.47 Å². The third-order valence-electron chi connectivity index (χ3n) is 4.81. The summed E-state index contributed by atoms with van der Waals surface area (Å²) in [5.74, 6) is 1.28. The Hall–Kier alpha value is -3.16. The average molecular weight is 418 g/mol. The summed E-state index contributed by atoms with van der Waals surface area (Å²) in [6.45, 7) is 2.77. The van der Waals surface area contributed by atoms with Crippen molar-refractivity contribution >= 4 is 21.9 Å². The summed E-state index contributed by atoms with van der Waals surface area (Å²) in [4.78, 5) is 3.14. The molecule has 158 valence electrons. The first-order chi connectivity index (χ1) is 14.5. The van der Waals surface area contributed by atoms with Crippen molar-refractivity contribution in [2.24, 2.45) is 0 Å². The first-order valence-corrected chi connectivity index (χ1v) is 9.78. The Morgan fingerprint density at radius 2 is 1.90 bits per heavy atom. The number of nitrogens with zero attached hydrogens (tertiary/aromatic N) is 1. The molecule has 0 radical (unpaired) electrons. The molecule has 8 heteroatoms. The molecule has 0 amide bonds. The van der Waals surface area contributed by atoms with Gasteiger partial charge in [0.2, 0.25) is 0 Å². The van der Waals surface area contributed by atoms with Crippen molar-refractivity contribution in [3.05, 3.63) is 53.9 Å². The van der Waals surface area contributed by atoms with Gasteiger partial charge in [0.15, 0.2) is 11.3 Å². The number of hydrogen-bond acceptors (Lipinski definition) is 4. The third-order valence-corrected chi connectivity index (χ3v) is 4.81. The molecule has 0 saturated heterocycles. The summed E-state index contributed by atoms with van der Waals surface area (Å²) in [7, 11) is 0. The Morgan fingerprint density at radius 3 is 2.70 bits per heavy atom. The fourth-order valence-corrected chi connectivity index (χ4v) is 3.42. The largest absolute Gasteiger partial charge is 0.493 e. The Balaban J connectivity index is 1.39. The van der Waals surface area contributed by atoms with Crippen LogP contribution in [0, 0.1) is 0 Å². The summed E-state index contributed by atoms with van der Waals surface area (Å²) in [6.07, 6.45) is -0.791. The minimum Gasteiger partial charge on any atom is -0.493 e. The number of aryl methyl sites for hydroxylation is 1. The van der Waals surface area contributed by atoms with Gasteiger partial charge in [0.25, 0.3) is 0 Å². The van der Waals surface area contributed by atoms with E-state index in [0.29, 0.717) is 37.4 Å². The van der Waals surface area contributed by atoms with Gasteiger partial charge in [-0.25, -0.2) is 0 Å². The molecule has 2 aromatic heterocycles. The minimum atomic E-state index is -4.56. The van der Waals surface area contributed by atoms with Crippen LogP contribution in [-0.2, 0) is 12.6 Å². The first kappa shape index (κ1) is 20.1. The number of ether oxygens (including phenoxy) is 2. The van der Waals surface area contributed by atoms with Crippen LogP contribution in [0.2, 0.25) is 0 Å². The molecule has 0 unspecified atom stereocenters. The van der Waals surface area contributed by atoms with Gasteiger partial charge in [0.1, 0.15) is 11.5 Å². The van der Waals surface area contributed by atoms with Gasteiger partial charge in [0, 0.05) is 29.8 Å². The molecule has 0 atom stereocenters. The standard InChI is InChI=1S/C22H21F3N2O3/c1-2-4-16-19(8-7-17-20(16)30-27-21(17)22(23,24)25)29-12-3-11-28-15-6-5-14-9-10-26-18(14)13-15/h5-10,13,26H,2-4,11-12H2,1H3. The smallest absolute Gasteiger partial charge is 0.437 e. The average Bonchev–Trinajstić information content (AvgIpc) is 3.35. The number of nitrogens with one attached hydrogen (secondary N) is 1. The summed E-state index contributed by atoms with van der Waals surface area (Å²) in [5, 5.41) is 4.31. The van der Waals surface area contributed by atoms with Crippen molar-refractivity contribution in [1.82, 2.24) is 10.1 Å². The Morgan fingerprint density at radius 1 is 1.07 bits per heavy atom. The van der Waals surface area contributed by atoms with E-state index in [4.69, 9.17) is 14.0 Å². The lowest BCUT2D eigenvalue weighted by molar-refractivity contribution is -0.141. The Labute approximate surface area is 170 Å². The van der Waals surface area contributed by atoms with Gasteiger partial charge in [0.05, 0.1) is 18.6 Å². The molecule has 1 N–H and O–H groups in total. The topological polar surface area (TPSA) is 60.3 Å². The SMILES string of the molecule is CCCc1c(OCCCOc2ccc3cc[nH]c3c2)ccc2c(C(F)(F)F)noc12. The van der Waals surface area contributed by atoms with E-state index in [1.165, 1.54) is 6.07 Å². The zero-order valence-electron chi connectivity index (χ0n) is 16.4. The normalized spacial score (nSPS) is 12.0. The molecule has 2 aromatic carbocycles. The van der Waals surface area contributed by atoms with Crippen LogP contribution in [0.5, 0.6) is 11.5 Å². The number of halogens is 3. The van der Waals surface area contributed by atoms with Crippen molar-refractivity contribution in [1.29, 1.82) is 0 Å². The van der Waals surface area contributed by atoms with E-state index < -0.39 is 11.9 Å². The molecule has 4 aromatic rings. The number of fused-ring (bicyclic) bond motifs is 2. The van der Waals surface area contributed by atoms with Gasteiger partial charge in [-0.15, -0.1) is 0 Å². The van der Waals surface area contributed by atoms with Crippen LogP contribution in [0.3, 0.4) is 0 Å². The van der Waals surface area contributed by atoms with Gasteiger partial charge in [-0.2, -0.15) is 13.2 Å². The molecule has 5 nitrogen and oxygen atoms in total. The van der Waals surface area contributed by atoms with E-state index in [9.17, 15) is 13.2 Å². The van der Waals surface area contributed by atoms with Crippen molar-refractivity contribution in [2.45, 2.75) is 32.4 Å². The van der Waals surface area contributed by atoms with Gasteiger partial charge >= 0.3 is 6.18 Å². The monoisotopic (exact) mass is 418 g/mol. The van der Waals surface area contributed by atoms with Crippen molar-refractivity contribution in [2.75, 3.05) is 13.2 Å². The predicted molar refractivity (Wildman–Crippen MR) is 107 cm³/mol. The number of aromatic nitrogens is 2. The molecule has 0 aliphatic heterocycles. The van der Waals surface area contributed by atoms with E-state index in [1.807, 2.05) is 37.4 Å². The highest BCUT2D eigenvalue weighted by Gasteiger charge is 2.37. The summed E-state index contributed by atoms with van der Waals surface area (Å²) in [6, 6.07) is 10.7. The lowest BCUT2D eigenvalue weighted by Gasteiger charge is -2.12. The highest BCUT2D eigenvalue weighted by Crippen LogP contribution is 2.38. The minimum absolute atomic E-state index is 0.0404. The molecule has 0 spiro atoms. The molecule has 0 bridgehead atoms. The summed E-state index contributed by atoms with van der Waals surface area (Å²) < 4.78 is 55.9. The molecule has 2 heterocycles. The van der Waals surface area contributed by atoms with E-state index in [1.54, 1.807) is 6.07 Å². The molecule has 0 aliphatic rings. The van der Waals surface area contributed by atoms with E-state index in [0.717, 1.165) is 23.1 Å². The van der Waals surface area contributed by atoms with Crippen LogP contribution in [0.25, 0.3) is 21.9 Å². The molecule has 30 heavy (non-hydrogen) atoms. The Kier molecular flexibility index (Phi) is 5.57. The summed E-state index contributed by atoms with van der Waals surface area (Å²) in [5.41, 5.74) is 0.744. The van der Waals surface area contributed by atoms with E-state index in [2.05, 4.69) is 10.1 Å². The first-order valence-electron chi connectivity index (χ1n) is 9.78. The number of alkyl halides is 3. The van der Waals surface area contributed by atoms with E-state index in [-0.39, 0.29) is 11.0 Å². The zero-order chi connectivity index (χ0) is 21.1. The molecule has 0 saturated carbocycles. The number of hydrogen-bond donors (Lipinski definition) is 1. The number of benzene rings is 2. The lowest BCUT2D eigenvalue weighted by atomic mass is 10.0. The maximum Gasteiger partial charge on any atom is 0.437 e. The maximum atomic E-state index is 13.1. The van der Waals surface area contributed by atoms with Gasteiger partial charge in [-0.3, -0.25) is 0 Å². The highest BCUT2D eigenvalue weighted by atomic mass is 19.4. The summed E-state index contributed by atoms with van der Waals surface area (Å²) >= 11 is 0. The third kappa shape index (κ3) is 4.08. The van der Waals surface area contributed by atoms with Crippen LogP contribution in [0.4, 0.5) is 13.2 Å². The fourth-order valence-electron chi connectivity index (χ4n) is 3.42. The van der Waals surface area contributed by atoms with Crippen LogP contribution in [-0.4, -0.2) is 23.4 Å². The lowest BCUT2D eigenvalue weighted by Crippen LogP contribution is -2.07. The van der Waals surface area contributed by atoms with Crippen LogP contribution in [0.1, 0.15) is 31.0 Å². The second kappa shape index (κ2) is 8.30. The fraction of sp³-hybridized carbons (Fsp3) is 0.318. The molecule has 4 rings (SSSR count). The van der Waals surface area contributed by atoms with Gasteiger partial charge in [-0.05, 0) is 42.1 Å². The highest BCUT2D eigenvalue weighted by molar-refractivity contribution is 5.85. The second-order valence-electron chi connectivity index (χ2n) is 6.98. The van der Waals surface area contributed by atoms with Crippen molar-refractivity contribution in [3.8, 4) is 11.5 Å². The second-order valence-corrected chi connectivity index (χ2v) is 6.98. The van der Waals surface area contributed by atoms with Crippen LogP contribution >= 0.6 is 0 Å². The van der Waals surface area contributed by atoms with Gasteiger partial charge in [-0.1, -0.05) is 18.5 Å². The van der Waals surface area contributed by atoms with Crippen LogP contribution in [0.15, 0.2) is 47.1 Å². The van der Waals surface area contributed by atoms with E-state index >= 15 is 0 Å². The number of aromatic amines is 1. The molecular formula is C22H21F3N2O3. The van der Waals surface area contributed by atoms with Crippen molar-refractivity contribution in [3.63, 3.8) is 0 Å². The maximum absolute atomic E-state index is 13.1. The zero-order valence-corrected chi connectivity index (χ0v) is 16.4. The predicted octanol–water partition coefficient (Wildman–Crippen LogP) is 6.13. The van der Waals surface area contributed by atoms with Crippen molar-refractivity contribution < 1.29 is 27.2 Å². The quantitative estimate of drug-likeness (QED) is 0.350. The Bertz CT molecular complexity index is 1150. The molecule has 0 fully saturated rings. The molecule has 0 aliphatic carbocycles. The number of rotatable bonds is 8. The molecular weight excluding hydrogens is 397 g/mol. The van der Waals surface area contributed by atoms with Gasteiger partial charge < -0.3 is 19.0 Å².